The van der Waals surface area contributed by atoms with Crippen molar-refractivity contribution >= 4 is 5.78 Å². The normalized spacial score (nSPS) is 20.0. The van der Waals surface area contributed by atoms with Crippen molar-refractivity contribution in [2.75, 3.05) is 14.1 Å². The van der Waals surface area contributed by atoms with Gasteiger partial charge in [-0.2, -0.15) is 0 Å². The molecule has 1 saturated carbocycles. The third-order valence-electron chi connectivity index (χ3n) is 3.27. The first-order valence-electron chi connectivity index (χ1n) is 5.34. The summed E-state index contributed by atoms with van der Waals surface area (Å²) in [4.78, 5) is 14.2. The number of hydrogen-bond acceptors (Lipinski definition) is 2. The van der Waals surface area contributed by atoms with E-state index < -0.39 is 0 Å². The Bertz CT molecular complexity index is 237. The van der Waals surface area contributed by atoms with Crippen molar-refractivity contribution in [1.29, 1.82) is 0 Å². The number of hydrogen-bond donors (Lipinski definition) is 0. The number of nitrogens with zero attached hydrogens (tertiary/aromatic N) is 1. The number of carbonyl (C=O) groups excluding carboxylic acids is 1. The van der Waals surface area contributed by atoms with Crippen molar-refractivity contribution in [2.45, 2.75) is 44.6 Å². The Morgan fingerprint density at radius 1 is 1.36 bits per heavy atom. The second-order valence-electron chi connectivity index (χ2n) is 4.69. The predicted molar refractivity (Wildman–Crippen MR) is 59.3 cm³/mol. The molecule has 2 nitrogen and oxygen atoms in total. The highest BCUT2D eigenvalue weighted by Gasteiger charge is 2.42. The Balaban J connectivity index is 2.77. The number of allylic oxidation sites excluding steroid dienone is 1. The molecule has 1 fully saturated rings. The fourth-order valence-corrected chi connectivity index (χ4v) is 2.37. The highest BCUT2D eigenvalue weighted by Crippen LogP contribution is 2.35. The van der Waals surface area contributed by atoms with E-state index in [0.29, 0.717) is 12.2 Å². The van der Waals surface area contributed by atoms with Crippen LogP contribution in [0.3, 0.4) is 0 Å². The summed E-state index contributed by atoms with van der Waals surface area (Å²) in [6.07, 6.45) is 4.94. The van der Waals surface area contributed by atoms with Crippen LogP contribution in [0.5, 0.6) is 0 Å². The fourth-order valence-electron chi connectivity index (χ4n) is 2.37. The Morgan fingerprint density at radius 3 is 2.21 bits per heavy atom. The summed E-state index contributed by atoms with van der Waals surface area (Å²) < 4.78 is 0. The maximum absolute atomic E-state index is 12.1. The second kappa shape index (κ2) is 4.26. The number of rotatable bonds is 4. The molecule has 0 saturated heterocycles. The maximum atomic E-state index is 12.1. The Morgan fingerprint density at radius 2 is 1.86 bits per heavy atom. The lowest BCUT2D eigenvalue weighted by Gasteiger charge is -2.34. The van der Waals surface area contributed by atoms with Crippen molar-refractivity contribution < 1.29 is 4.79 Å². The van der Waals surface area contributed by atoms with Gasteiger partial charge in [0.2, 0.25) is 0 Å². The van der Waals surface area contributed by atoms with Crippen LogP contribution in [0.1, 0.15) is 39.0 Å². The van der Waals surface area contributed by atoms with Crippen LogP contribution in [0.15, 0.2) is 12.2 Å². The first kappa shape index (κ1) is 11.4. The first-order valence-corrected chi connectivity index (χ1v) is 5.34. The molecular formula is C12H21NO. The molecule has 1 aliphatic rings. The Hall–Kier alpha value is -0.630. The summed E-state index contributed by atoms with van der Waals surface area (Å²) in [6, 6.07) is 0. The van der Waals surface area contributed by atoms with Gasteiger partial charge in [-0.05, 0) is 33.9 Å². The molecule has 0 aromatic heterocycles. The van der Waals surface area contributed by atoms with E-state index in [-0.39, 0.29) is 5.54 Å². The first-order chi connectivity index (χ1) is 6.49. The molecule has 0 unspecified atom stereocenters. The van der Waals surface area contributed by atoms with Crippen molar-refractivity contribution in [3.63, 3.8) is 0 Å². The molecule has 0 spiro atoms. The van der Waals surface area contributed by atoms with Crippen LogP contribution in [0, 0.1) is 0 Å². The lowest BCUT2D eigenvalue weighted by molar-refractivity contribution is -0.128. The highest BCUT2D eigenvalue weighted by atomic mass is 16.1. The SMILES string of the molecule is C=C(C)CC(=O)C1(N(C)C)CCCC1. The molecule has 14 heavy (non-hydrogen) atoms. The lowest BCUT2D eigenvalue weighted by Crippen LogP contribution is -2.48. The van der Waals surface area contributed by atoms with Gasteiger partial charge in [-0.15, -0.1) is 0 Å². The third-order valence-corrected chi connectivity index (χ3v) is 3.27. The molecule has 0 atom stereocenters. The molecule has 0 aromatic rings. The molecule has 2 heteroatoms. The standard InChI is InChI=1S/C12H21NO/c1-10(2)9-11(14)12(13(3)4)7-5-6-8-12/h1,5-9H2,2-4H3. The van der Waals surface area contributed by atoms with Gasteiger partial charge in [-0.1, -0.05) is 25.0 Å². The largest absolute Gasteiger partial charge is 0.297 e. The molecule has 0 aliphatic heterocycles. The molecule has 0 heterocycles. The van der Waals surface area contributed by atoms with Crippen LogP contribution < -0.4 is 0 Å². The van der Waals surface area contributed by atoms with Crippen LogP contribution >= 0.6 is 0 Å². The van der Waals surface area contributed by atoms with Crippen molar-refractivity contribution in [3.8, 4) is 0 Å². The van der Waals surface area contributed by atoms with Gasteiger partial charge < -0.3 is 0 Å². The summed E-state index contributed by atoms with van der Waals surface area (Å²) in [5, 5.41) is 0. The molecule has 0 N–H and O–H groups in total. The van der Waals surface area contributed by atoms with Gasteiger partial charge in [0, 0.05) is 6.42 Å². The molecule has 0 aromatic carbocycles. The van der Waals surface area contributed by atoms with E-state index in [4.69, 9.17) is 0 Å². The molecule has 1 aliphatic carbocycles. The topological polar surface area (TPSA) is 20.3 Å². The van der Waals surface area contributed by atoms with E-state index in [1.807, 2.05) is 21.0 Å². The predicted octanol–water partition coefficient (Wildman–Crippen LogP) is 2.40. The van der Waals surface area contributed by atoms with Gasteiger partial charge in [0.15, 0.2) is 5.78 Å². The van der Waals surface area contributed by atoms with E-state index in [0.717, 1.165) is 18.4 Å². The minimum Gasteiger partial charge on any atom is -0.297 e. The van der Waals surface area contributed by atoms with E-state index in [9.17, 15) is 4.79 Å². The summed E-state index contributed by atoms with van der Waals surface area (Å²) in [7, 11) is 4.03. The molecule has 0 bridgehead atoms. The van der Waals surface area contributed by atoms with Gasteiger partial charge in [-0.3, -0.25) is 9.69 Å². The average Bonchev–Trinajstić information content (AvgIpc) is 2.51. The molecular weight excluding hydrogens is 174 g/mol. The zero-order chi connectivity index (χ0) is 10.8. The zero-order valence-electron chi connectivity index (χ0n) is 9.60. The van der Waals surface area contributed by atoms with Crippen LogP contribution in [0.2, 0.25) is 0 Å². The second-order valence-corrected chi connectivity index (χ2v) is 4.69. The fraction of sp³-hybridized carbons (Fsp3) is 0.750. The third kappa shape index (κ3) is 2.06. The summed E-state index contributed by atoms with van der Waals surface area (Å²) in [5.41, 5.74) is 0.794. The monoisotopic (exact) mass is 195 g/mol. The number of Topliss-reactive ketones (excluding diaryl/α,β-unsaturated/α-hetero) is 1. The van der Waals surface area contributed by atoms with Gasteiger partial charge in [0.1, 0.15) is 0 Å². The summed E-state index contributed by atoms with van der Waals surface area (Å²) >= 11 is 0. The maximum Gasteiger partial charge on any atom is 0.157 e. The number of likely N-dealkylation sites (N-methyl/N-ethyl adjacent to an activating group) is 1. The van der Waals surface area contributed by atoms with Gasteiger partial charge in [0.25, 0.3) is 0 Å². The quantitative estimate of drug-likeness (QED) is 0.642. The molecule has 0 amide bonds. The lowest BCUT2D eigenvalue weighted by atomic mass is 9.87. The van der Waals surface area contributed by atoms with E-state index in [1.54, 1.807) is 0 Å². The minimum absolute atomic E-state index is 0.182. The Labute approximate surface area is 87.0 Å². The number of carbonyl (C=O) groups is 1. The molecule has 0 radical (unpaired) electrons. The van der Waals surface area contributed by atoms with Crippen LogP contribution in [-0.2, 0) is 4.79 Å². The molecule has 80 valence electrons. The van der Waals surface area contributed by atoms with Gasteiger partial charge >= 0.3 is 0 Å². The highest BCUT2D eigenvalue weighted by molar-refractivity contribution is 5.90. The number of ketones is 1. The zero-order valence-corrected chi connectivity index (χ0v) is 9.60. The van der Waals surface area contributed by atoms with Crippen molar-refractivity contribution in [2.24, 2.45) is 0 Å². The van der Waals surface area contributed by atoms with Crippen molar-refractivity contribution in [3.05, 3.63) is 12.2 Å². The average molecular weight is 195 g/mol. The van der Waals surface area contributed by atoms with E-state index in [2.05, 4.69) is 11.5 Å². The van der Waals surface area contributed by atoms with Crippen LogP contribution in [-0.4, -0.2) is 30.3 Å². The summed E-state index contributed by atoms with van der Waals surface area (Å²) in [6.45, 7) is 5.74. The summed E-state index contributed by atoms with van der Waals surface area (Å²) in [5.74, 6) is 0.354. The minimum atomic E-state index is -0.182. The van der Waals surface area contributed by atoms with E-state index >= 15 is 0 Å². The smallest absolute Gasteiger partial charge is 0.157 e. The Kier molecular flexibility index (Phi) is 3.48. The van der Waals surface area contributed by atoms with Gasteiger partial charge in [0.05, 0.1) is 5.54 Å². The van der Waals surface area contributed by atoms with Crippen LogP contribution in [0.4, 0.5) is 0 Å². The van der Waals surface area contributed by atoms with E-state index in [1.165, 1.54) is 12.8 Å². The van der Waals surface area contributed by atoms with Gasteiger partial charge in [-0.25, -0.2) is 0 Å². The van der Waals surface area contributed by atoms with Crippen LogP contribution in [0.25, 0.3) is 0 Å². The molecule has 1 rings (SSSR count). The van der Waals surface area contributed by atoms with Crippen molar-refractivity contribution in [1.82, 2.24) is 4.90 Å².